The Morgan fingerprint density at radius 3 is 2.25 bits per heavy atom. The monoisotopic (exact) mass is 806 g/mol. The highest BCUT2D eigenvalue weighted by molar-refractivity contribution is 7.99. The molecule has 1 atom stereocenters. The highest BCUT2D eigenvalue weighted by Crippen LogP contribution is 2.37. The smallest absolute Gasteiger partial charge is 0.263 e. The maximum atomic E-state index is 13.4. The number of para-hydroxylation sites is 1. The van der Waals surface area contributed by atoms with Gasteiger partial charge in [0, 0.05) is 42.3 Å². The molecule has 0 bridgehead atoms. The molecular weight excluding hydrogens is 765 g/mol. The SMILES string of the molecule is Nc1ncnc2c1c(-c1ccc(Oc3ccccc3)cc1)nn2C1CCN(CCc2ccc(CCSc3cccc4c3C(=O)N(C3CCC(=O)NC3=O)C4=O)cc2)CC1. The van der Waals surface area contributed by atoms with Crippen LogP contribution >= 0.6 is 11.8 Å². The first-order valence-corrected chi connectivity index (χ1v) is 20.9. The molecule has 4 aromatic carbocycles. The molecule has 0 saturated carbocycles. The third-order valence-electron chi connectivity index (χ3n) is 11.3. The number of piperidine rings is 2. The highest BCUT2D eigenvalue weighted by atomic mass is 32.2. The zero-order valence-electron chi connectivity index (χ0n) is 32.3. The van der Waals surface area contributed by atoms with Gasteiger partial charge in [-0.15, -0.1) is 11.8 Å². The second-order valence-corrected chi connectivity index (χ2v) is 16.2. The van der Waals surface area contributed by atoms with Crippen LogP contribution in [0.25, 0.3) is 22.3 Å². The second kappa shape index (κ2) is 16.5. The van der Waals surface area contributed by atoms with Gasteiger partial charge in [0.2, 0.25) is 11.8 Å². The predicted molar refractivity (Wildman–Crippen MR) is 224 cm³/mol. The van der Waals surface area contributed by atoms with Gasteiger partial charge in [-0.3, -0.25) is 29.4 Å². The molecular formula is C45H42N8O5S. The van der Waals surface area contributed by atoms with Gasteiger partial charge in [-0.1, -0.05) is 48.5 Å². The number of hydrogen-bond acceptors (Lipinski definition) is 11. The summed E-state index contributed by atoms with van der Waals surface area (Å²) in [5.74, 6) is 0.671. The van der Waals surface area contributed by atoms with Crippen LogP contribution in [0, 0.1) is 0 Å². The molecule has 0 spiro atoms. The Morgan fingerprint density at radius 2 is 1.51 bits per heavy atom. The van der Waals surface area contributed by atoms with Crippen LogP contribution < -0.4 is 15.8 Å². The lowest BCUT2D eigenvalue weighted by Gasteiger charge is -2.32. The molecule has 14 heteroatoms. The molecule has 0 aliphatic carbocycles. The maximum Gasteiger partial charge on any atom is 0.263 e. The molecule has 2 saturated heterocycles. The van der Waals surface area contributed by atoms with Gasteiger partial charge in [0.05, 0.1) is 22.6 Å². The molecule has 2 aromatic heterocycles. The number of nitrogen functional groups attached to an aromatic ring is 1. The van der Waals surface area contributed by atoms with Gasteiger partial charge in [0.1, 0.15) is 35.4 Å². The largest absolute Gasteiger partial charge is 0.457 e. The molecule has 59 heavy (non-hydrogen) atoms. The van der Waals surface area contributed by atoms with Crippen LogP contribution in [0.4, 0.5) is 5.82 Å². The molecule has 13 nitrogen and oxygen atoms in total. The van der Waals surface area contributed by atoms with E-state index in [1.807, 2.05) is 65.3 Å². The van der Waals surface area contributed by atoms with Gasteiger partial charge in [-0.2, -0.15) is 5.10 Å². The molecule has 298 valence electrons. The van der Waals surface area contributed by atoms with Gasteiger partial charge in [-0.25, -0.2) is 14.6 Å². The lowest BCUT2D eigenvalue weighted by Crippen LogP contribution is -2.54. The minimum absolute atomic E-state index is 0.0894. The van der Waals surface area contributed by atoms with Crippen LogP contribution in [0.1, 0.15) is 63.6 Å². The number of benzene rings is 4. The number of hydrogen-bond donors (Lipinski definition) is 2. The first-order chi connectivity index (χ1) is 28.8. The number of aromatic nitrogens is 4. The van der Waals surface area contributed by atoms with Crippen molar-refractivity contribution in [3.8, 4) is 22.8 Å². The third kappa shape index (κ3) is 7.80. The number of carbonyl (C=O) groups excluding carboxylic acids is 4. The Labute approximate surface area is 345 Å². The summed E-state index contributed by atoms with van der Waals surface area (Å²) < 4.78 is 8.04. The van der Waals surface area contributed by atoms with Crippen molar-refractivity contribution in [1.29, 1.82) is 0 Å². The van der Waals surface area contributed by atoms with Crippen molar-refractivity contribution in [3.63, 3.8) is 0 Å². The van der Waals surface area contributed by atoms with E-state index in [1.165, 1.54) is 29.2 Å². The van der Waals surface area contributed by atoms with E-state index in [0.717, 1.165) is 88.9 Å². The van der Waals surface area contributed by atoms with Gasteiger partial charge in [-0.05, 0) is 91.8 Å². The predicted octanol–water partition coefficient (Wildman–Crippen LogP) is 6.48. The number of anilines is 1. The third-order valence-corrected chi connectivity index (χ3v) is 12.4. The molecule has 4 amide bonds. The van der Waals surface area contributed by atoms with E-state index in [0.29, 0.717) is 22.7 Å². The number of rotatable bonds is 12. The zero-order valence-corrected chi connectivity index (χ0v) is 33.1. The fourth-order valence-corrected chi connectivity index (χ4v) is 9.26. The van der Waals surface area contributed by atoms with Crippen LogP contribution in [-0.2, 0) is 22.4 Å². The number of aryl methyl sites for hydroxylation is 1. The highest BCUT2D eigenvalue weighted by Gasteiger charge is 2.45. The van der Waals surface area contributed by atoms with E-state index in [-0.39, 0.29) is 18.9 Å². The minimum atomic E-state index is -0.979. The number of fused-ring (bicyclic) bond motifs is 2. The van der Waals surface area contributed by atoms with E-state index in [4.69, 9.17) is 15.6 Å². The van der Waals surface area contributed by atoms with Crippen molar-refractivity contribution in [2.45, 2.75) is 55.5 Å². The Kier molecular flexibility index (Phi) is 10.7. The summed E-state index contributed by atoms with van der Waals surface area (Å²) in [6.07, 6.45) is 5.35. The Balaban J connectivity index is 0.773. The molecule has 3 aliphatic rings. The van der Waals surface area contributed by atoms with Crippen LogP contribution in [0.5, 0.6) is 11.5 Å². The number of nitrogens with one attached hydrogen (secondary N) is 1. The molecule has 6 aromatic rings. The maximum absolute atomic E-state index is 13.4. The summed E-state index contributed by atoms with van der Waals surface area (Å²) in [5.41, 5.74) is 12.0. The number of thioether (sulfide) groups is 1. The topological polar surface area (TPSA) is 166 Å². The Hall–Kier alpha value is -6.38. The number of amides is 4. The quantitative estimate of drug-likeness (QED) is 0.103. The molecule has 5 heterocycles. The molecule has 3 aliphatic heterocycles. The van der Waals surface area contributed by atoms with Crippen LogP contribution in [0.2, 0.25) is 0 Å². The summed E-state index contributed by atoms with van der Waals surface area (Å²) in [7, 11) is 0. The minimum Gasteiger partial charge on any atom is -0.457 e. The zero-order chi connectivity index (χ0) is 40.5. The van der Waals surface area contributed by atoms with E-state index >= 15 is 0 Å². The summed E-state index contributed by atoms with van der Waals surface area (Å²) in [6.45, 7) is 2.86. The molecule has 2 fully saturated rings. The molecule has 3 N–H and O–H groups in total. The Bertz CT molecular complexity index is 2550. The average Bonchev–Trinajstić information content (AvgIpc) is 3.77. The van der Waals surface area contributed by atoms with E-state index in [1.54, 1.807) is 12.1 Å². The van der Waals surface area contributed by atoms with Crippen molar-refractivity contribution in [2.24, 2.45) is 0 Å². The van der Waals surface area contributed by atoms with Crippen molar-refractivity contribution in [1.82, 2.24) is 34.9 Å². The fourth-order valence-electron chi connectivity index (χ4n) is 8.19. The fraction of sp³-hybridized carbons (Fsp3) is 0.267. The number of nitrogens with two attached hydrogens (primary N) is 1. The van der Waals surface area contributed by atoms with Crippen molar-refractivity contribution < 1.29 is 23.9 Å². The number of imide groups is 2. The van der Waals surface area contributed by atoms with Crippen LogP contribution in [-0.4, -0.2) is 84.6 Å². The van der Waals surface area contributed by atoms with E-state index in [2.05, 4.69) is 44.5 Å². The van der Waals surface area contributed by atoms with Gasteiger partial charge < -0.3 is 15.4 Å². The first kappa shape index (κ1) is 38.2. The molecule has 9 rings (SSSR count). The number of nitrogens with zero attached hydrogens (tertiary/aromatic N) is 6. The Morgan fingerprint density at radius 1 is 0.780 bits per heavy atom. The summed E-state index contributed by atoms with van der Waals surface area (Å²) in [6, 6.07) is 30.7. The standard InChI is InChI=1S/C45H42N8O5S/c46-41-39-40(30-13-15-33(16-14-30)58-32-5-2-1-3-6-32)50-53(42(39)48-27-47-41)31-20-24-51(25-21-31)23-19-28-9-11-29(12-10-28)22-26-59-36-8-4-7-34-38(36)45(57)52(44(34)56)35-17-18-37(54)49-43(35)55/h1-16,27,31,35H,17-26H2,(H2,46,47,48)(H,49,54,55). The van der Waals surface area contributed by atoms with Crippen LogP contribution in [0.15, 0.2) is 108 Å². The molecule has 1 unspecified atom stereocenters. The summed E-state index contributed by atoms with van der Waals surface area (Å²) >= 11 is 1.52. The second-order valence-electron chi connectivity index (χ2n) is 15.1. The van der Waals surface area contributed by atoms with Crippen LogP contribution in [0.3, 0.4) is 0 Å². The van der Waals surface area contributed by atoms with Crippen molar-refractivity contribution in [3.05, 3.63) is 126 Å². The average molecular weight is 807 g/mol. The van der Waals surface area contributed by atoms with Gasteiger partial charge in [0.15, 0.2) is 5.65 Å². The van der Waals surface area contributed by atoms with E-state index in [9.17, 15) is 19.2 Å². The van der Waals surface area contributed by atoms with Gasteiger partial charge in [0.25, 0.3) is 11.8 Å². The normalized spacial score (nSPS) is 17.4. The lowest BCUT2D eigenvalue weighted by molar-refractivity contribution is -0.136. The van der Waals surface area contributed by atoms with Gasteiger partial charge >= 0.3 is 0 Å². The summed E-state index contributed by atoms with van der Waals surface area (Å²) in [4.78, 5) is 63.9. The first-order valence-electron chi connectivity index (χ1n) is 19.9. The molecule has 0 radical (unpaired) electrons. The summed E-state index contributed by atoms with van der Waals surface area (Å²) in [5, 5.41) is 8.11. The lowest BCUT2D eigenvalue weighted by atomic mass is 10.0. The van der Waals surface area contributed by atoms with Crippen molar-refractivity contribution >= 4 is 52.2 Å². The number of carbonyl (C=O) groups is 4. The number of likely N-dealkylation sites (tertiary alicyclic amines) is 1. The number of ether oxygens (including phenoxy) is 1. The van der Waals surface area contributed by atoms with Crippen molar-refractivity contribution in [2.75, 3.05) is 31.1 Å². The van der Waals surface area contributed by atoms with E-state index < -0.39 is 29.7 Å².